The first-order valence-electron chi connectivity index (χ1n) is 12.8. The summed E-state index contributed by atoms with van der Waals surface area (Å²) < 4.78 is 55.7. The molecule has 2 heterocycles. The number of hydrogen-bond acceptors (Lipinski definition) is 6. The fraction of sp³-hybridized carbons (Fsp3) is 0.276. The molecule has 1 atom stereocenters. The zero-order valence-corrected chi connectivity index (χ0v) is 22.0. The van der Waals surface area contributed by atoms with E-state index in [1.54, 1.807) is 24.4 Å². The first-order chi connectivity index (χ1) is 19.0. The lowest BCUT2D eigenvalue weighted by molar-refractivity contribution is -0.137. The number of rotatable bonds is 5. The lowest BCUT2D eigenvalue weighted by Crippen LogP contribution is -2.45. The van der Waals surface area contributed by atoms with Crippen LogP contribution < -0.4 is 16.0 Å². The summed E-state index contributed by atoms with van der Waals surface area (Å²) in [4.78, 5) is 25.5. The van der Waals surface area contributed by atoms with E-state index in [9.17, 15) is 22.4 Å². The van der Waals surface area contributed by atoms with Crippen LogP contribution in [0.5, 0.6) is 0 Å². The molecule has 0 aliphatic carbocycles. The van der Waals surface area contributed by atoms with Gasteiger partial charge in [-0.25, -0.2) is 14.4 Å². The molecule has 11 heteroatoms. The van der Waals surface area contributed by atoms with Crippen LogP contribution in [0.15, 0.2) is 60.8 Å². The Morgan fingerprint density at radius 1 is 1.07 bits per heavy atom. The van der Waals surface area contributed by atoms with Crippen molar-refractivity contribution in [1.29, 1.82) is 0 Å². The topological polar surface area (TPSA) is 87.4 Å². The van der Waals surface area contributed by atoms with Crippen LogP contribution in [-0.2, 0) is 6.18 Å². The van der Waals surface area contributed by atoms with Crippen molar-refractivity contribution >= 4 is 34.1 Å². The molecular formula is C29H28F4N6O. The number of carbonyl (C=O) groups is 1. The minimum Gasteiger partial charge on any atom is -0.368 e. The Kier molecular flexibility index (Phi) is 7.33. The van der Waals surface area contributed by atoms with E-state index < -0.39 is 23.5 Å². The fourth-order valence-corrected chi connectivity index (χ4v) is 4.98. The van der Waals surface area contributed by atoms with E-state index >= 15 is 0 Å². The van der Waals surface area contributed by atoms with E-state index in [2.05, 4.69) is 20.2 Å². The van der Waals surface area contributed by atoms with Crippen molar-refractivity contribution < 1.29 is 22.4 Å². The van der Waals surface area contributed by atoms with Gasteiger partial charge in [0.25, 0.3) is 5.91 Å². The number of nitrogen functional groups attached to an aromatic ring is 1. The van der Waals surface area contributed by atoms with Crippen LogP contribution in [0.25, 0.3) is 22.0 Å². The van der Waals surface area contributed by atoms with Gasteiger partial charge in [0.05, 0.1) is 28.0 Å². The fourth-order valence-electron chi connectivity index (χ4n) is 4.98. The number of amides is 1. The lowest BCUT2D eigenvalue weighted by atomic mass is 10.0. The van der Waals surface area contributed by atoms with Gasteiger partial charge in [0.2, 0.25) is 5.95 Å². The van der Waals surface area contributed by atoms with E-state index in [4.69, 9.17) is 5.73 Å². The molecule has 0 radical (unpaired) electrons. The van der Waals surface area contributed by atoms with Gasteiger partial charge in [-0.2, -0.15) is 13.2 Å². The van der Waals surface area contributed by atoms with Gasteiger partial charge in [-0.05, 0) is 80.5 Å². The van der Waals surface area contributed by atoms with Crippen molar-refractivity contribution in [1.82, 2.24) is 14.9 Å². The average molecular weight is 553 g/mol. The normalized spacial score (nSPS) is 16.0. The van der Waals surface area contributed by atoms with E-state index in [-0.39, 0.29) is 23.2 Å². The molecule has 1 aliphatic heterocycles. The Bertz CT molecular complexity index is 1570. The van der Waals surface area contributed by atoms with Crippen molar-refractivity contribution in [3.63, 3.8) is 0 Å². The van der Waals surface area contributed by atoms with Gasteiger partial charge in [0.1, 0.15) is 5.82 Å². The number of likely N-dealkylation sites (N-methyl/N-ethyl adjacent to an activating group) is 1. The maximum absolute atomic E-state index is 14.9. The third-order valence-electron chi connectivity index (χ3n) is 7.18. The third kappa shape index (κ3) is 5.69. The number of nitrogens with one attached hydrogen (secondary N) is 1. The molecule has 4 aromatic rings. The molecule has 40 heavy (non-hydrogen) atoms. The number of benzene rings is 3. The van der Waals surface area contributed by atoms with Gasteiger partial charge in [0, 0.05) is 30.7 Å². The zero-order valence-electron chi connectivity index (χ0n) is 22.0. The Hall–Kier alpha value is -4.25. The maximum atomic E-state index is 14.9. The lowest BCUT2D eigenvalue weighted by Gasteiger charge is -2.38. The number of hydrogen-bond donors (Lipinski definition) is 2. The first kappa shape index (κ1) is 27.3. The van der Waals surface area contributed by atoms with Crippen LogP contribution in [-0.4, -0.2) is 54.0 Å². The van der Waals surface area contributed by atoms with Crippen LogP contribution in [0.3, 0.4) is 0 Å². The van der Waals surface area contributed by atoms with Gasteiger partial charge in [0.15, 0.2) is 0 Å². The molecule has 5 rings (SSSR count). The molecule has 0 bridgehead atoms. The van der Waals surface area contributed by atoms with E-state index in [0.717, 1.165) is 31.0 Å². The second-order valence-corrected chi connectivity index (χ2v) is 10.1. The number of anilines is 3. The summed E-state index contributed by atoms with van der Waals surface area (Å²) in [6, 6.07) is 12.8. The summed E-state index contributed by atoms with van der Waals surface area (Å²) in [6.45, 7) is 1.21. The van der Waals surface area contributed by atoms with Crippen molar-refractivity contribution in [3.05, 3.63) is 77.7 Å². The number of nitrogens with two attached hydrogens (primary N) is 1. The van der Waals surface area contributed by atoms with Gasteiger partial charge in [-0.15, -0.1) is 0 Å². The summed E-state index contributed by atoms with van der Waals surface area (Å²) in [5.41, 5.74) is 6.73. The molecule has 1 aliphatic rings. The molecule has 1 saturated heterocycles. The predicted octanol–water partition coefficient (Wildman–Crippen LogP) is 5.82. The minimum atomic E-state index is -4.61. The zero-order chi connectivity index (χ0) is 28.6. The molecule has 208 valence electrons. The van der Waals surface area contributed by atoms with Crippen LogP contribution in [0, 0.1) is 5.82 Å². The Balaban J connectivity index is 1.48. The number of nitrogens with zero attached hydrogens (tertiary/aromatic N) is 4. The van der Waals surface area contributed by atoms with Crippen LogP contribution >= 0.6 is 0 Å². The largest absolute Gasteiger partial charge is 0.416 e. The quantitative estimate of drug-likeness (QED) is 0.304. The summed E-state index contributed by atoms with van der Waals surface area (Å²) in [5, 5.41) is 3.27. The molecule has 3 N–H and O–H groups in total. The number of fused-ring (bicyclic) bond motifs is 1. The minimum absolute atomic E-state index is 0.0236. The van der Waals surface area contributed by atoms with Crippen LogP contribution in [0.2, 0.25) is 0 Å². The summed E-state index contributed by atoms with van der Waals surface area (Å²) in [6.07, 6.45) is -1.24. The van der Waals surface area contributed by atoms with Crippen molar-refractivity contribution in [2.75, 3.05) is 43.1 Å². The van der Waals surface area contributed by atoms with E-state index in [1.165, 1.54) is 18.2 Å². The highest BCUT2D eigenvalue weighted by atomic mass is 19.4. The molecule has 0 saturated carbocycles. The highest BCUT2D eigenvalue weighted by Crippen LogP contribution is 2.37. The van der Waals surface area contributed by atoms with Gasteiger partial charge in [-0.1, -0.05) is 12.1 Å². The highest BCUT2D eigenvalue weighted by molar-refractivity contribution is 6.07. The highest BCUT2D eigenvalue weighted by Gasteiger charge is 2.32. The first-order valence-corrected chi connectivity index (χ1v) is 12.8. The van der Waals surface area contributed by atoms with Crippen molar-refractivity contribution in [3.8, 4) is 11.1 Å². The molecule has 0 spiro atoms. The SMILES string of the molecule is CN(C)[C@H]1CCCN(c2ccc(C(F)(F)F)cc2NC(=O)c2cc(-c3ccc4nc(N)ncc4c3)ccc2F)C1. The number of halogens is 4. The summed E-state index contributed by atoms with van der Waals surface area (Å²) in [7, 11) is 3.91. The van der Waals surface area contributed by atoms with E-state index in [0.29, 0.717) is 40.8 Å². The van der Waals surface area contributed by atoms with Crippen molar-refractivity contribution in [2.45, 2.75) is 25.1 Å². The Morgan fingerprint density at radius 2 is 1.82 bits per heavy atom. The molecule has 0 unspecified atom stereocenters. The molecule has 3 aromatic carbocycles. The smallest absolute Gasteiger partial charge is 0.368 e. The van der Waals surface area contributed by atoms with Gasteiger partial charge < -0.3 is 20.9 Å². The van der Waals surface area contributed by atoms with Crippen LogP contribution in [0.4, 0.5) is 34.9 Å². The van der Waals surface area contributed by atoms with Gasteiger partial charge >= 0.3 is 6.18 Å². The Labute approximate surface area is 228 Å². The van der Waals surface area contributed by atoms with Crippen LogP contribution in [0.1, 0.15) is 28.8 Å². The second-order valence-electron chi connectivity index (χ2n) is 10.1. The second kappa shape index (κ2) is 10.7. The maximum Gasteiger partial charge on any atom is 0.416 e. The number of aromatic nitrogens is 2. The van der Waals surface area contributed by atoms with Gasteiger partial charge in [-0.3, -0.25) is 4.79 Å². The molecular weight excluding hydrogens is 524 g/mol. The Morgan fingerprint density at radius 3 is 2.58 bits per heavy atom. The summed E-state index contributed by atoms with van der Waals surface area (Å²) in [5.74, 6) is -1.51. The number of alkyl halides is 3. The average Bonchev–Trinajstić information content (AvgIpc) is 2.92. The molecule has 1 aromatic heterocycles. The number of carbonyl (C=O) groups excluding carboxylic acids is 1. The number of piperidine rings is 1. The molecule has 1 amide bonds. The summed E-state index contributed by atoms with van der Waals surface area (Å²) >= 11 is 0. The molecule has 7 nitrogen and oxygen atoms in total. The predicted molar refractivity (Wildman–Crippen MR) is 148 cm³/mol. The standard InChI is InChI=1S/C29H28F4N6O/c1-38(2)21-4-3-11-39(16-21)26-10-7-20(29(31,32)33)14-25(26)36-27(40)22-13-18(5-8-23(22)30)17-6-9-24-19(12-17)15-35-28(34)37-24/h5-10,12-15,21H,3-4,11,16H2,1-2H3,(H,36,40)(H2,34,35,37)/t21-/m0/s1. The monoisotopic (exact) mass is 552 g/mol. The van der Waals surface area contributed by atoms with E-state index in [1.807, 2.05) is 19.0 Å². The third-order valence-corrected chi connectivity index (χ3v) is 7.18. The molecule has 1 fully saturated rings. The van der Waals surface area contributed by atoms with Crippen molar-refractivity contribution in [2.24, 2.45) is 0 Å².